The van der Waals surface area contributed by atoms with Crippen molar-refractivity contribution in [3.05, 3.63) is 59.4 Å². The summed E-state index contributed by atoms with van der Waals surface area (Å²) in [6.45, 7) is 7.68. The van der Waals surface area contributed by atoms with Gasteiger partial charge in [-0.15, -0.1) is 0 Å². The second kappa shape index (κ2) is 7.38. The van der Waals surface area contributed by atoms with Gasteiger partial charge in [-0.05, 0) is 55.3 Å². The molecule has 3 aliphatic heterocycles. The zero-order chi connectivity index (χ0) is 20.9. The number of halogens is 1. The highest BCUT2D eigenvalue weighted by Gasteiger charge is 2.52. The predicted molar refractivity (Wildman–Crippen MR) is 119 cm³/mol. The quantitative estimate of drug-likeness (QED) is 0.698. The van der Waals surface area contributed by atoms with Crippen molar-refractivity contribution in [3.63, 3.8) is 0 Å². The molecule has 0 saturated carbocycles. The number of ketones is 1. The Balaban J connectivity index is 1.26. The third kappa shape index (κ3) is 3.11. The summed E-state index contributed by atoms with van der Waals surface area (Å²) in [5.74, 6) is -0.195. The third-order valence-electron chi connectivity index (χ3n) is 7.43. The Hall–Kier alpha value is -2.40. The molecule has 0 N–H and O–H groups in total. The highest BCUT2D eigenvalue weighted by Crippen LogP contribution is 2.53. The lowest BCUT2D eigenvalue weighted by Gasteiger charge is -2.46. The van der Waals surface area contributed by atoms with Gasteiger partial charge in [0.2, 0.25) is 0 Å². The molecular formula is C25H30FN3O. The molecule has 2 aromatic carbocycles. The smallest absolute Gasteiger partial charge is 0.162 e. The zero-order valence-corrected chi connectivity index (χ0v) is 17.9. The Kier molecular flexibility index (Phi) is 4.81. The number of fused-ring (bicyclic) bond motifs is 3. The van der Waals surface area contributed by atoms with Crippen LogP contribution in [0.4, 0.5) is 15.8 Å². The Morgan fingerprint density at radius 2 is 1.93 bits per heavy atom. The summed E-state index contributed by atoms with van der Waals surface area (Å²) in [6.07, 6.45) is 2.52. The molecule has 0 bridgehead atoms. The molecule has 5 heteroatoms. The summed E-state index contributed by atoms with van der Waals surface area (Å²) in [5.41, 5.74) is 5.05. The minimum absolute atomic E-state index is 0.104. The number of carbonyl (C=O) groups is 1. The van der Waals surface area contributed by atoms with Gasteiger partial charge in [-0.25, -0.2) is 4.39 Å². The maximum Gasteiger partial charge on any atom is 0.162 e. The van der Waals surface area contributed by atoms with E-state index in [2.05, 4.69) is 46.9 Å². The summed E-state index contributed by atoms with van der Waals surface area (Å²) in [7, 11) is 2.20. The monoisotopic (exact) mass is 407 g/mol. The van der Waals surface area contributed by atoms with Crippen LogP contribution in [0, 0.1) is 5.82 Å². The fourth-order valence-electron chi connectivity index (χ4n) is 5.87. The van der Waals surface area contributed by atoms with E-state index in [1.165, 1.54) is 35.5 Å². The van der Waals surface area contributed by atoms with Gasteiger partial charge in [-0.3, -0.25) is 4.79 Å². The van der Waals surface area contributed by atoms with E-state index in [1.54, 1.807) is 12.1 Å². The first-order valence-electron chi connectivity index (χ1n) is 11.1. The number of likely N-dealkylation sites (tertiary alicyclic amines) is 1. The number of benzene rings is 2. The van der Waals surface area contributed by atoms with Gasteiger partial charge in [-0.1, -0.05) is 19.1 Å². The molecule has 4 nitrogen and oxygen atoms in total. The van der Waals surface area contributed by atoms with Crippen molar-refractivity contribution in [2.75, 3.05) is 49.6 Å². The van der Waals surface area contributed by atoms with Crippen molar-refractivity contribution in [1.29, 1.82) is 0 Å². The predicted octanol–water partition coefficient (Wildman–Crippen LogP) is 4.09. The third-order valence-corrected chi connectivity index (χ3v) is 7.43. The summed E-state index contributed by atoms with van der Waals surface area (Å²) in [4.78, 5) is 20.0. The van der Waals surface area contributed by atoms with Crippen LogP contribution in [0.1, 0.15) is 42.1 Å². The van der Waals surface area contributed by atoms with Crippen molar-refractivity contribution in [2.45, 2.75) is 37.6 Å². The van der Waals surface area contributed by atoms with Crippen LogP contribution in [0.5, 0.6) is 0 Å². The van der Waals surface area contributed by atoms with Gasteiger partial charge in [0.05, 0.1) is 11.4 Å². The maximum absolute atomic E-state index is 13.1. The number of hydrogen-bond acceptors (Lipinski definition) is 4. The lowest BCUT2D eigenvalue weighted by molar-refractivity contribution is 0.0963. The molecule has 0 radical (unpaired) electrons. The second-order valence-electron chi connectivity index (χ2n) is 9.32. The second-order valence-corrected chi connectivity index (χ2v) is 9.32. The van der Waals surface area contributed by atoms with Crippen LogP contribution in [-0.4, -0.2) is 56.5 Å². The zero-order valence-electron chi connectivity index (χ0n) is 17.9. The number of piperidine rings is 1. The van der Waals surface area contributed by atoms with Crippen molar-refractivity contribution in [3.8, 4) is 0 Å². The number of rotatable bonds is 5. The van der Waals surface area contributed by atoms with Gasteiger partial charge in [-0.2, -0.15) is 0 Å². The largest absolute Gasteiger partial charge is 0.371 e. The summed E-state index contributed by atoms with van der Waals surface area (Å²) in [5, 5.41) is 0. The highest BCUT2D eigenvalue weighted by atomic mass is 19.1. The highest BCUT2D eigenvalue weighted by molar-refractivity contribution is 5.95. The Morgan fingerprint density at radius 3 is 2.73 bits per heavy atom. The molecule has 0 aromatic heterocycles. The van der Waals surface area contributed by atoms with E-state index in [0.29, 0.717) is 18.0 Å². The fraction of sp³-hybridized carbons (Fsp3) is 0.480. The SMILES string of the molecule is CN1CCN2c3c1cccc3[C@@]1(C)CN(CCCC(=O)c3ccc(F)cc3)CC[C@@H]21. The molecule has 1 fully saturated rings. The van der Waals surface area contributed by atoms with Crippen LogP contribution in [0.3, 0.4) is 0 Å². The maximum atomic E-state index is 13.1. The van der Waals surface area contributed by atoms with Crippen LogP contribution >= 0.6 is 0 Å². The van der Waals surface area contributed by atoms with Crippen molar-refractivity contribution < 1.29 is 9.18 Å². The first-order valence-corrected chi connectivity index (χ1v) is 11.1. The minimum Gasteiger partial charge on any atom is -0.371 e. The van der Waals surface area contributed by atoms with Gasteiger partial charge < -0.3 is 14.7 Å². The normalized spacial score (nSPS) is 25.2. The minimum atomic E-state index is -0.299. The number of carbonyl (C=O) groups excluding carboxylic acids is 1. The van der Waals surface area contributed by atoms with E-state index in [4.69, 9.17) is 0 Å². The average Bonchev–Trinajstić information content (AvgIpc) is 3.00. The standard InChI is InChI=1S/C25H30FN3O/c1-25-17-28(13-4-7-22(30)18-8-10-19(26)11-9-18)14-12-23(25)29-16-15-27(2)21-6-3-5-20(25)24(21)29/h3,5-6,8-11,23H,4,7,12-17H2,1-2H3/t23-,25-/m1/s1. The van der Waals surface area contributed by atoms with E-state index in [1.807, 2.05) is 0 Å². The number of anilines is 2. The van der Waals surface area contributed by atoms with E-state index in [-0.39, 0.29) is 17.0 Å². The van der Waals surface area contributed by atoms with Crippen LogP contribution in [0.15, 0.2) is 42.5 Å². The Bertz CT molecular complexity index is 959. The van der Waals surface area contributed by atoms with Gasteiger partial charge in [0.15, 0.2) is 5.78 Å². The van der Waals surface area contributed by atoms with Gasteiger partial charge in [0.1, 0.15) is 5.82 Å². The summed E-state index contributed by atoms with van der Waals surface area (Å²) >= 11 is 0. The lowest BCUT2D eigenvalue weighted by atomic mass is 9.74. The molecule has 2 aromatic rings. The van der Waals surface area contributed by atoms with Crippen molar-refractivity contribution in [1.82, 2.24) is 4.90 Å². The summed E-state index contributed by atoms with van der Waals surface area (Å²) in [6, 6.07) is 13.3. The molecule has 2 atom stereocenters. The molecule has 0 amide bonds. The molecule has 30 heavy (non-hydrogen) atoms. The number of Topliss-reactive ketones (excluding diaryl/α,β-unsaturated/α-hetero) is 1. The lowest BCUT2D eigenvalue weighted by Crippen LogP contribution is -2.56. The molecule has 3 heterocycles. The van der Waals surface area contributed by atoms with Crippen LogP contribution in [-0.2, 0) is 5.41 Å². The van der Waals surface area contributed by atoms with E-state index in [0.717, 1.165) is 39.1 Å². The van der Waals surface area contributed by atoms with E-state index in [9.17, 15) is 9.18 Å². The molecule has 0 aliphatic carbocycles. The van der Waals surface area contributed by atoms with E-state index < -0.39 is 0 Å². The average molecular weight is 408 g/mol. The Morgan fingerprint density at radius 1 is 1.13 bits per heavy atom. The van der Waals surface area contributed by atoms with Crippen molar-refractivity contribution >= 4 is 17.2 Å². The molecule has 0 unspecified atom stereocenters. The van der Waals surface area contributed by atoms with Gasteiger partial charge in [0, 0.05) is 56.7 Å². The van der Waals surface area contributed by atoms with Crippen LogP contribution in [0.25, 0.3) is 0 Å². The van der Waals surface area contributed by atoms with Gasteiger partial charge in [0.25, 0.3) is 0 Å². The number of nitrogens with zero attached hydrogens (tertiary/aromatic N) is 3. The molecule has 0 spiro atoms. The topological polar surface area (TPSA) is 26.8 Å². The number of para-hydroxylation sites is 1. The first kappa shape index (κ1) is 19.6. The molecule has 5 rings (SSSR count). The number of hydrogen-bond donors (Lipinski definition) is 0. The van der Waals surface area contributed by atoms with E-state index >= 15 is 0 Å². The van der Waals surface area contributed by atoms with Crippen molar-refractivity contribution in [2.24, 2.45) is 0 Å². The van der Waals surface area contributed by atoms with Crippen LogP contribution in [0.2, 0.25) is 0 Å². The fourth-order valence-corrected chi connectivity index (χ4v) is 5.87. The Labute approximate surface area is 178 Å². The number of likely N-dealkylation sites (N-methyl/N-ethyl adjacent to an activating group) is 1. The summed E-state index contributed by atoms with van der Waals surface area (Å²) < 4.78 is 13.1. The molecule has 3 aliphatic rings. The molecule has 158 valence electrons. The molecule has 1 saturated heterocycles. The van der Waals surface area contributed by atoms with Crippen LogP contribution < -0.4 is 9.80 Å². The first-order chi connectivity index (χ1) is 14.5. The molecular weight excluding hydrogens is 377 g/mol. The van der Waals surface area contributed by atoms with Gasteiger partial charge >= 0.3 is 0 Å².